The minimum Gasteiger partial charge on any atom is -0.394 e. The van der Waals surface area contributed by atoms with Gasteiger partial charge in [0.05, 0.1) is 25.4 Å². The molecule has 1 fully saturated rings. The summed E-state index contributed by atoms with van der Waals surface area (Å²) in [5.41, 5.74) is 0. The van der Waals surface area contributed by atoms with Crippen LogP contribution in [0.5, 0.6) is 0 Å². The molecule has 0 saturated carbocycles. The van der Waals surface area contributed by atoms with Crippen molar-refractivity contribution < 1.29 is 39.8 Å². The lowest BCUT2D eigenvalue weighted by molar-refractivity contribution is -0.302. The monoisotopic (exact) mass is 1220 g/mol. The molecule has 9 nitrogen and oxygen atoms in total. The number of ether oxygens (including phenoxy) is 2. The fourth-order valence-electron chi connectivity index (χ4n) is 11.7. The molecule has 0 aliphatic carbocycles. The van der Waals surface area contributed by atoms with Gasteiger partial charge in [0, 0.05) is 6.42 Å². The summed E-state index contributed by atoms with van der Waals surface area (Å²) in [5.74, 6) is -0.184. The van der Waals surface area contributed by atoms with Gasteiger partial charge in [0.2, 0.25) is 5.91 Å². The Morgan fingerprint density at radius 2 is 0.724 bits per heavy atom. The molecule has 0 bridgehead atoms. The third kappa shape index (κ3) is 54.8. The van der Waals surface area contributed by atoms with Gasteiger partial charge < -0.3 is 40.3 Å². The predicted octanol–water partition coefficient (Wildman–Crippen LogP) is 20.9. The molecule has 1 heterocycles. The maximum Gasteiger partial charge on any atom is 0.220 e. The summed E-state index contributed by atoms with van der Waals surface area (Å²) in [6.45, 7) is 3.69. The first kappa shape index (κ1) is 82.4. The van der Waals surface area contributed by atoms with Crippen LogP contribution in [-0.2, 0) is 14.3 Å². The smallest absolute Gasteiger partial charge is 0.220 e. The summed E-state index contributed by atoms with van der Waals surface area (Å²) in [6.07, 6.45) is 88.5. The van der Waals surface area contributed by atoms with E-state index in [1.807, 2.05) is 6.08 Å². The highest BCUT2D eigenvalue weighted by Crippen LogP contribution is 2.23. The Labute approximate surface area is 537 Å². The van der Waals surface area contributed by atoms with Crippen molar-refractivity contribution in [2.24, 2.45) is 0 Å². The first-order valence-corrected chi connectivity index (χ1v) is 37.3. The lowest BCUT2D eigenvalue weighted by Crippen LogP contribution is -2.60. The van der Waals surface area contributed by atoms with E-state index in [0.29, 0.717) is 6.42 Å². The summed E-state index contributed by atoms with van der Waals surface area (Å²) in [5, 5.41) is 54.8. The molecule has 87 heavy (non-hydrogen) atoms. The second-order valence-electron chi connectivity index (χ2n) is 25.7. The Bertz CT molecular complexity index is 1650. The lowest BCUT2D eigenvalue weighted by atomic mass is 9.99. The lowest BCUT2D eigenvalue weighted by Gasteiger charge is -2.40. The van der Waals surface area contributed by atoms with E-state index >= 15 is 0 Å². The molecule has 0 spiro atoms. The van der Waals surface area contributed by atoms with Gasteiger partial charge in [0.1, 0.15) is 24.4 Å². The number of hydrogen-bond acceptors (Lipinski definition) is 8. The molecule has 1 saturated heterocycles. The molecule has 1 aliphatic rings. The van der Waals surface area contributed by atoms with Gasteiger partial charge in [-0.15, -0.1) is 0 Å². The van der Waals surface area contributed by atoms with Crippen LogP contribution in [0.25, 0.3) is 0 Å². The van der Waals surface area contributed by atoms with Gasteiger partial charge in [-0.1, -0.05) is 349 Å². The van der Waals surface area contributed by atoms with E-state index in [1.54, 1.807) is 6.08 Å². The summed E-state index contributed by atoms with van der Waals surface area (Å²) >= 11 is 0. The van der Waals surface area contributed by atoms with Crippen LogP contribution in [0.2, 0.25) is 0 Å². The number of aliphatic hydroxyl groups is 5. The van der Waals surface area contributed by atoms with Gasteiger partial charge in [-0.25, -0.2) is 0 Å². The van der Waals surface area contributed by atoms with E-state index in [4.69, 9.17) is 9.47 Å². The SMILES string of the molecule is CC/C=C\C/C=C\C/C=C\C/C=C\C/C=C\CCCCCCCCCCCCCCCCCCCC(=O)NC(COC1OC(CO)C(O)C(O)C1O)C(O)/C=C/CC/C=C/CCCCCCCCCCCCCCCCCCCCCCCCCCC. The van der Waals surface area contributed by atoms with Crippen LogP contribution in [0.4, 0.5) is 0 Å². The quantitative estimate of drug-likeness (QED) is 0.0261. The molecule has 0 aromatic heterocycles. The zero-order chi connectivity index (χ0) is 62.8. The molecule has 7 unspecified atom stereocenters. The van der Waals surface area contributed by atoms with Gasteiger partial charge in [-0.2, -0.15) is 0 Å². The van der Waals surface area contributed by atoms with Gasteiger partial charge in [0.25, 0.3) is 0 Å². The molecular weight excluding hydrogens is 1080 g/mol. The maximum absolute atomic E-state index is 13.1. The zero-order valence-corrected chi connectivity index (χ0v) is 56.8. The number of hydrogen-bond donors (Lipinski definition) is 6. The van der Waals surface area contributed by atoms with Crippen LogP contribution in [0.1, 0.15) is 348 Å². The van der Waals surface area contributed by atoms with E-state index in [1.165, 1.54) is 257 Å². The van der Waals surface area contributed by atoms with E-state index < -0.39 is 49.5 Å². The van der Waals surface area contributed by atoms with Gasteiger partial charge in [-0.3, -0.25) is 4.79 Å². The molecule has 7 atom stereocenters. The first-order chi connectivity index (χ1) is 42.8. The number of carbonyl (C=O) groups excluding carboxylic acids is 1. The average Bonchev–Trinajstić information content (AvgIpc) is 3.38. The normalized spacial score (nSPS) is 18.4. The standard InChI is InChI=1S/C78H141NO8/c1-3-5-7-9-11-13-15-17-19-21-23-25-27-29-31-33-35-36-38-40-42-44-46-48-50-52-54-56-58-60-62-64-66-68-74(82)79-71(70-86-78-77(85)76(84)75(83)73(69-80)87-78)72(81)67-65-63-61-59-57-55-53-51-49-47-45-43-41-39-37-34-32-30-28-26-24-22-20-18-16-14-12-10-8-6-4-2/h5,7,11,13,17,19,23,25,29,31,57,59,65,67,71-73,75-78,80-81,83-85H,3-4,6,8-10,12,14-16,18,20-22,24,26-28,30,32-56,58,60-64,66,68-70H2,1-2H3,(H,79,82)/b7-5-,13-11-,19-17-,25-23-,31-29-,59-57+,67-65+. The van der Waals surface area contributed by atoms with Crippen molar-refractivity contribution in [1.29, 1.82) is 0 Å². The average molecular weight is 1220 g/mol. The number of amides is 1. The fourth-order valence-corrected chi connectivity index (χ4v) is 11.7. The molecule has 1 amide bonds. The van der Waals surface area contributed by atoms with Crippen molar-refractivity contribution in [2.45, 2.75) is 391 Å². The number of unbranched alkanes of at least 4 members (excludes halogenated alkanes) is 43. The third-order valence-corrected chi connectivity index (χ3v) is 17.5. The molecular formula is C78H141NO8. The first-order valence-electron chi connectivity index (χ1n) is 37.3. The maximum atomic E-state index is 13.1. The van der Waals surface area contributed by atoms with Gasteiger partial charge in [0.15, 0.2) is 6.29 Å². The van der Waals surface area contributed by atoms with Crippen LogP contribution in [0.15, 0.2) is 85.1 Å². The van der Waals surface area contributed by atoms with E-state index in [2.05, 4.69) is 92.1 Å². The van der Waals surface area contributed by atoms with Crippen LogP contribution in [-0.4, -0.2) is 87.5 Å². The molecule has 0 aromatic carbocycles. The van der Waals surface area contributed by atoms with Crippen LogP contribution >= 0.6 is 0 Å². The number of carbonyl (C=O) groups is 1. The summed E-state index contributed by atoms with van der Waals surface area (Å²) in [6, 6.07) is -0.827. The topological polar surface area (TPSA) is 149 Å². The van der Waals surface area contributed by atoms with Crippen molar-refractivity contribution in [3.05, 3.63) is 85.1 Å². The van der Waals surface area contributed by atoms with Crippen LogP contribution in [0, 0.1) is 0 Å². The molecule has 1 rings (SSSR count). The van der Waals surface area contributed by atoms with Crippen molar-refractivity contribution >= 4 is 5.91 Å². The minimum atomic E-state index is -1.58. The number of rotatable bonds is 65. The molecule has 1 aliphatic heterocycles. The Morgan fingerprint density at radius 1 is 0.402 bits per heavy atom. The number of nitrogens with one attached hydrogen (secondary N) is 1. The van der Waals surface area contributed by atoms with E-state index in [9.17, 15) is 30.3 Å². The molecule has 9 heteroatoms. The fraction of sp³-hybridized carbons (Fsp3) is 0.808. The number of aliphatic hydroxyl groups excluding tert-OH is 5. The largest absolute Gasteiger partial charge is 0.394 e. The predicted molar refractivity (Wildman–Crippen MR) is 373 cm³/mol. The zero-order valence-electron chi connectivity index (χ0n) is 56.8. The highest BCUT2D eigenvalue weighted by Gasteiger charge is 2.44. The van der Waals surface area contributed by atoms with Crippen molar-refractivity contribution in [1.82, 2.24) is 5.32 Å². The van der Waals surface area contributed by atoms with Crippen molar-refractivity contribution in [3.8, 4) is 0 Å². The van der Waals surface area contributed by atoms with Crippen LogP contribution in [0.3, 0.4) is 0 Å². The molecule has 0 aromatic rings. The van der Waals surface area contributed by atoms with Gasteiger partial charge >= 0.3 is 0 Å². The van der Waals surface area contributed by atoms with Gasteiger partial charge in [-0.05, 0) is 77.0 Å². The molecule has 506 valence electrons. The van der Waals surface area contributed by atoms with Crippen molar-refractivity contribution in [2.75, 3.05) is 13.2 Å². The highest BCUT2D eigenvalue weighted by atomic mass is 16.7. The van der Waals surface area contributed by atoms with E-state index in [-0.39, 0.29) is 12.5 Å². The number of allylic oxidation sites excluding steroid dienone is 13. The summed E-state index contributed by atoms with van der Waals surface area (Å²) < 4.78 is 11.3. The molecule has 6 N–H and O–H groups in total. The summed E-state index contributed by atoms with van der Waals surface area (Å²) in [7, 11) is 0. The Balaban J connectivity index is 2.12. The molecule has 0 radical (unpaired) electrons. The van der Waals surface area contributed by atoms with Crippen LogP contribution < -0.4 is 5.32 Å². The third-order valence-electron chi connectivity index (χ3n) is 17.5. The highest BCUT2D eigenvalue weighted by molar-refractivity contribution is 5.76. The Hall–Kier alpha value is -2.63. The minimum absolute atomic E-state index is 0.184. The Kier molecular flexibility index (Phi) is 62.8. The second kappa shape index (κ2) is 66.3. The second-order valence-corrected chi connectivity index (χ2v) is 25.7. The summed E-state index contributed by atoms with van der Waals surface area (Å²) in [4.78, 5) is 13.1. The van der Waals surface area contributed by atoms with Crippen molar-refractivity contribution in [3.63, 3.8) is 0 Å². The Morgan fingerprint density at radius 3 is 1.10 bits per heavy atom. The van der Waals surface area contributed by atoms with E-state index in [0.717, 1.165) is 70.6 Å².